The van der Waals surface area contributed by atoms with E-state index in [1.54, 1.807) is 0 Å². The summed E-state index contributed by atoms with van der Waals surface area (Å²) in [5.74, 6) is 1.58. The Kier molecular flexibility index (Phi) is 11.8. The topological polar surface area (TPSA) is 175 Å². The molecule has 2 saturated heterocycles. The molecule has 5 atom stereocenters. The van der Waals surface area contributed by atoms with Crippen LogP contribution in [-0.2, 0) is 19.1 Å². The molecule has 1 aromatic carbocycles. The number of carbonyl (C=O) groups excluding carboxylic acids is 4. The number of likely N-dealkylation sites (tertiary alicyclic amines) is 2. The fourth-order valence-corrected chi connectivity index (χ4v) is 7.87. The van der Waals surface area contributed by atoms with Gasteiger partial charge in [-0.05, 0) is 74.3 Å². The van der Waals surface area contributed by atoms with Gasteiger partial charge >= 0.3 is 12.2 Å². The zero-order valence-corrected chi connectivity index (χ0v) is 31.3. The minimum Gasteiger partial charge on any atom is -0.453 e. The highest BCUT2D eigenvalue weighted by atomic mass is 16.5. The van der Waals surface area contributed by atoms with Crippen molar-refractivity contribution >= 4 is 29.6 Å². The number of imidazole rings is 2. The molecular formula is C39H52N8O6. The number of benzene rings is 1. The molecule has 1 unspecified atom stereocenters. The molecule has 0 saturated carbocycles. The number of rotatable bonds is 11. The third kappa shape index (κ3) is 8.26. The van der Waals surface area contributed by atoms with Gasteiger partial charge in [0.2, 0.25) is 11.8 Å². The van der Waals surface area contributed by atoms with Crippen molar-refractivity contribution in [3.05, 3.63) is 65.6 Å². The fraction of sp³-hybridized carbons (Fsp3) is 0.538. The number of alkyl carbamates (subject to hydrolysis) is 2. The van der Waals surface area contributed by atoms with Crippen LogP contribution in [0.5, 0.6) is 0 Å². The van der Waals surface area contributed by atoms with E-state index in [-0.39, 0.29) is 29.8 Å². The normalized spacial score (nSPS) is 21.2. The minimum absolute atomic E-state index is 0.0879. The second-order valence-electron chi connectivity index (χ2n) is 14.5. The zero-order valence-electron chi connectivity index (χ0n) is 31.3. The zero-order chi connectivity index (χ0) is 37.6. The molecule has 2 fully saturated rings. The molecule has 2 aliphatic heterocycles. The Morgan fingerprint density at radius 3 is 1.98 bits per heavy atom. The van der Waals surface area contributed by atoms with E-state index in [2.05, 4.69) is 50.9 Å². The molecule has 14 nitrogen and oxygen atoms in total. The summed E-state index contributed by atoms with van der Waals surface area (Å²) in [5, 5.41) is 5.36. The van der Waals surface area contributed by atoms with E-state index in [9.17, 15) is 19.2 Å². The van der Waals surface area contributed by atoms with Gasteiger partial charge in [-0.1, -0.05) is 51.1 Å². The first-order valence-electron chi connectivity index (χ1n) is 18.8. The van der Waals surface area contributed by atoms with Crippen LogP contribution in [0.2, 0.25) is 0 Å². The molecule has 4 heterocycles. The SMILES string of the molecule is CC[C@H](NC(=O)OC)C(=O)N1CCC[C@H]1c1nc(-c2ccc(C3CC=C(c4c[nH]c([C@@H]5CCCN5C(=O)[C@@H](NC(=O)OC)C(C)C)n4)CC3)cc2)c[nH]1. The lowest BCUT2D eigenvalue weighted by Crippen LogP contribution is -2.51. The number of H-pyrrole nitrogens is 2. The van der Waals surface area contributed by atoms with Gasteiger partial charge in [0.1, 0.15) is 23.7 Å². The van der Waals surface area contributed by atoms with Crippen LogP contribution in [0.3, 0.4) is 0 Å². The van der Waals surface area contributed by atoms with Crippen LogP contribution >= 0.6 is 0 Å². The van der Waals surface area contributed by atoms with Crippen molar-refractivity contribution in [1.82, 2.24) is 40.4 Å². The molecule has 4 N–H and O–H groups in total. The Morgan fingerprint density at radius 1 is 0.830 bits per heavy atom. The number of carbonyl (C=O) groups is 4. The predicted octanol–water partition coefficient (Wildman–Crippen LogP) is 5.99. The van der Waals surface area contributed by atoms with Crippen molar-refractivity contribution in [3.63, 3.8) is 0 Å². The van der Waals surface area contributed by atoms with Crippen LogP contribution < -0.4 is 10.6 Å². The third-order valence-corrected chi connectivity index (χ3v) is 10.9. The summed E-state index contributed by atoms with van der Waals surface area (Å²) in [7, 11) is 2.59. The average Bonchev–Trinajstić information content (AvgIpc) is 4.02. The van der Waals surface area contributed by atoms with Gasteiger partial charge in [-0.3, -0.25) is 9.59 Å². The van der Waals surface area contributed by atoms with Gasteiger partial charge in [-0.25, -0.2) is 19.6 Å². The number of nitrogens with one attached hydrogen (secondary N) is 4. The van der Waals surface area contributed by atoms with E-state index in [0.717, 1.165) is 73.5 Å². The number of methoxy groups -OCH3 is 2. The van der Waals surface area contributed by atoms with Crippen LogP contribution in [0, 0.1) is 5.92 Å². The first kappa shape index (κ1) is 37.6. The second-order valence-corrected chi connectivity index (χ2v) is 14.5. The van der Waals surface area contributed by atoms with E-state index < -0.39 is 24.3 Å². The highest BCUT2D eigenvalue weighted by Gasteiger charge is 2.38. The minimum atomic E-state index is -0.667. The number of ether oxygens (including phenoxy) is 2. The summed E-state index contributed by atoms with van der Waals surface area (Å²) in [4.78, 5) is 70.7. The number of hydrogen-bond donors (Lipinski definition) is 4. The van der Waals surface area contributed by atoms with Gasteiger partial charge in [0, 0.05) is 31.0 Å². The molecule has 0 radical (unpaired) electrons. The van der Waals surface area contributed by atoms with E-state index in [1.165, 1.54) is 25.4 Å². The number of hydrogen-bond acceptors (Lipinski definition) is 8. The van der Waals surface area contributed by atoms with Crippen LogP contribution in [0.4, 0.5) is 9.59 Å². The summed E-state index contributed by atoms with van der Waals surface area (Å²) < 4.78 is 9.47. The number of aromatic nitrogens is 4. The molecule has 0 spiro atoms. The van der Waals surface area contributed by atoms with E-state index in [4.69, 9.17) is 19.4 Å². The van der Waals surface area contributed by atoms with Crippen LogP contribution in [0.1, 0.15) is 113 Å². The number of allylic oxidation sites excluding steroid dienone is 2. The van der Waals surface area contributed by atoms with Crippen molar-refractivity contribution in [2.45, 2.75) is 102 Å². The molecule has 14 heteroatoms. The third-order valence-electron chi connectivity index (χ3n) is 10.9. The second kappa shape index (κ2) is 16.7. The molecule has 284 valence electrons. The van der Waals surface area contributed by atoms with Gasteiger partial charge in [-0.15, -0.1) is 0 Å². The van der Waals surface area contributed by atoms with Gasteiger partial charge in [0.15, 0.2) is 0 Å². The number of amides is 4. The van der Waals surface area contributed by atoms with Crippen LogP contribution in [-0.4, -0.2) is 93.1 Å². The summed E-state index contributed by atoms with van der Waals surface area (Å²) in [5.41, 5.74) is 5.23. The van der Waals surface area contributed by atoms with Crippen molar-refractivity contribution in [1.29, 1.82) is 0 Å². The molecule has 53 heavy (non-hydrogen) atoms. The number of nitrogens with zero attached hydrogens (tertiary/aromatic N) is 4. The first-order valence-corrected chi connectivity index (χ1v) is 18.8. The van der Waals surface area contributed by atoms with Crippen molar-refractivity contribution in [2.75, 3.05) is 27.3 Å². The monoisotopic (exact) mass is 728 g/mol. The van der Waals surface area contributed by atoms with Crippen LogP contribution in [0.15, 0.2) is 42.7 Å². The molecule has 2 aromatic heterocycles. The molecule has 3 aliphatic rings. The first-order chi connectivity index (χ1) is 25.6. The highest BCUT2D eigenvalue weighted by molar-refractivity contribution is 5.87. The summed E-state index contributed by atoms with van der Waals surface area (Å²) in [6.45, 7) is 6.92. The molecule has 3 aromatic rings. The van der Waals surface area contributed by atoms with Gasteiger partial charge in [0.05, 0.1) is 37.7 Å². The van der Waals surface area contributed by atoms with Gasteiger partial charge in [-0.2, -0.15) is 0 Å². The summed E-state index contributed by atoms with van der Waals surface area (Å²) >= 11 is 0. The molecular weight excluding hydrogens is 676 g/mol. The van der Waals surface area contributed by atoms with E-state index in [0.29, 0.717) is 25.4 Å². The molecule has 4 amide bonds. The maximum atomic E-state index is 13.5. The lowest BCUT2D eigenvalue weighted by molar-refractivity contribution is -0.135. The number of aromatic amines is 2. The lowest BCUT2D eigenvalue weighted by atomic mass is 9.83. The highest BCUT2D eigenvalue weighted by Crippen LogP contribution is 2.38. The quantitative estimate of drug-likeness (QED) is 0.186. The van der Waals surface area contributed by atoms with E-state index in [1.807, 2.05) is 43.0 Å². The lowest BCUT2D eigenvalue weighted by Gasteiger charge is -2.30. The fourth-order valence-electron chi connectivity index (χ4n) is 7.87. The maximum absolute atomic E-state index is 13.5. The Balaban J connectivity index is 1.07. The largest absolute Gasteiger partial charge is 0.453 e. The standard InChI is InChI=1S/C39H52N8O6/c1-6-28(44-38(50)52-4)36(48)46-19-7-9-31(46)34-40-21-29(42-34)26-15-11-24(12-16-26)25-13-17-27(18-14-25)30-22-41-35(43-30)32-10-8-20-47(32)37(49)33(23(2)3)45-39(51)53-5/h11-12,15-17,21-23,25,28,31-33H,6-10,13-14,18-20H2,1-5H3,(H,40,42)(H,41,43)(H,44,50)(H,45,51)/t25?,28-,31-,32-,33-/m0/s1. The smallest absolute Gasteiger partial charge is 0.407 e. The Labute approximate surface area is 310 Å². The Hall–Kier alpha value is -5.14. The van der Waals surface area contributed by atoms with E-state index >= 15 is 0 Å². The maximum Gasteiger partial charge on any atom is 0.407 e. The van der Waals surface area contributed by atoms with Gasteiger partial charge < -0.3 is 39.9 Å². The molecule has 6 rings (SSSR count). The average molecular weight is 729 g/mol. The van der Waals surface area contributed by atoms with Crippen molar-refractivity contribution in [3.8, 4) is 11.3 Å². The van der Waals surface area contributed by atoms with Crippen LogP contribution in [0.25, 0.3) is 16.8 Å². The van der Waals surface area contributed by atoms with Crippen molar-refractivity contribution in [2.24, 2.45) is 5.92 Å². The Bertz CT molecular complexity index is 1800. The van der Waals surface area contributed by atoms with Crippen molar-refractivity contribution < 1.29 is 28.7 Å². The predicted molar refractivity (Wildman–Crippen MR) is 198 cm³/mol. The summed E-state index contributed by atoms with van der Waals surface area (Å²) in [6.07, 6.45) is 11.5. The molecule has 1 aliphatic carbocycles. The van der Waals surface area contributed by atoms with Gasteiger partial charge in [0.25, 0.3) is 0 Å². The summed E-state index contributed by atoms with van der Waals surface area (Å²) in [6, 6.07) is 6.93. The Morgan fingerprint density at radius 2 is 1.42 bits per heavy atom. The molecule has 0 bridgehead atoms.